The van der Waals surface area contributed by atoms with E-state index in [0.29, 0.717) is 5.92 Å². The van der Waals surface area contributed by atoms with Crippen molar-refractivity contribution in [3.8, 4) is 0 Å². The normalized spacial score (nSPS) is 14.2. The van der Waals surface area contributed by atoms with Gasteiger partial charge in [-0.1, -0.05) is 26.3 Å². The van der Waals surface area contributed by atoms with Crippen LogP contribution in [0, 0.1) is 11.9 Å². The molecule has 0 spiro atoms. The van der Waals surface area contributed by atoms with E-state index in [2.05, 4.69) is 24.1 Å². The predicted molar refractivity (Wildman–Crippen MR) is 60.6 cm³/mol. The van der Waals surface area contributed by atoms with Gasteiger partial charge in [0.15, 0.2) is 0 Å². The summed E-state index contributed by atoms with van der Waals surface area (Å²) >= 11 is 0. The average Bonchev–Trinajstić information content (AvgIpc) is 2.27. The molecule has 0 radical (unpaired) electrons. The molecule has 16 heavy (non-hydrogen) atoms. The summed E-state index contributed by atoms with van der Waals surface area (Å²) in [7, 11) is 0. The molecule has 1 aromatic rings. The SMILES string of the molecule is CCC(C)C(C)NC(=O)c1cccc(F)n1. The zero-order valence-corrected chi connectivity index (χ0v) is 9.83. The number of nitrogens with zero attached hydrogens (tertiary/aromatic N) is 1. The summed E-state index contributed by atoms with van der Waals surface area (Å²) in [6.07, 6.45) is 0.984. The molecule has 1 N–H and O–H groups in total. The first-order chi connectivity index (χ1) is 7.54. The summed E-state index contributed by atoms with van der Waals surface area (Å²) in [6, 6.07) is 4.25. The summed E-state index contributed by atoms with van der Waals surface area (Å²) in [6.45, 7) is 6.06. The van der Waals surface area contributed by atoms with Gasteiger partial charge in [-0.3, -0.25) is 4.79 Å². The number of pyridine rings is 1. The van der Waals surface area contributed by atoms with Gasteiger partial charge in [0.05, 0.1) is 0 Å². The van der Waals surface area contributed by atoms with Crippen molar-refractivity contribution in [3.63, 3.8) is 0 Å². The van der Waals surface area contributed by atoms with Gasteiger partial charge in [0.1, 0.15) is 5.69 Å². The maximum absolute atomic E-state index is 12.8. The Bertz CT molecular complexity index is 368. The van der Waals surface area contributed by atoms with E-state index in [9.17, 15) is 9.18 Å². The van der Waals surface area contributed by atoms with Crippen molar-refractivity contribution in [3.05, 3.63) is 29.8 Å². The minimum Gasteiger partial charge on any atom is -0.348 e. The Labute approximate surface area is 95.1 Å². The van der Waals surface area contributed by atoms with E-state index in [1.54, 1.807) is 0 Å². The standard InChI is InChI=1S/C12H17FN2O/c1-4-8(2)9(3)14-12(16)10-6-5-7-11(13)15-10/h5-9H,4H2,1-3H3,(H,14,16). The van der Waals surface area contributed by atoms with Gasteiger partial charge in [0.2, 0.25) is 5.95 Å². The van der Waals surface area contributed by atoms with Crippen molar-refractivity contribution in [2.24, 2.45) is 5.92 Å². The van der Waals surface area contributed by atoms with Crippen molar-refractivity contribution in [1.29, 1.82) is 0 Å². The maximum Gasteiger partial charge on any atom is 0.270 e. The average molecular weight is 224 g/mol. The quantitative estimate of drug-likeness (QED) is 0.798. The number of nitrogens with one attached hydrogen (secondary N) is 1. The second-order valence-electron chi connectivity index (χ2n) is 3.99. The monoisotopic (exact) mass is 224 g/mol. The lowest BCUT2D eigenvalue weighted by Gasteiger charge is -2.19. The fraction of sp³-hybridized carbons (Fsp3) is 0.500. The van der Waals surface area contributed by atoms with E-state index < -0.39 is 5.95 Å². The molecular formula is C12H17FN2O. The third kappa shape index (κ3) is 3.29. The highest BCUT2D eigenvalue weighted by molar-refractivity contribution is 5.92. The molecule has 0 bridgehead atoms. The number of rotatable bonds is 4. The molecule has 4 heteroatoms. The number of carbonyl (C=O) groups excluding carboxylic acids is 1. The van der Waals surface area contributed by atoms with Gasteiger partial charge in [-0.25, -0.2) is 4.98 Å². The number of halogens is 1. The summed E-state index contributed by atoms with van der Waals surface area (Å²) in [4.78, 5) is 15.2. The maximum atomic E-state index is 12.8. The van der Waals surface area contributed by atoms with Crippen LogP contribution in [0.15, 0.2) is 18.2 Å². The van der Waals surface area contributed by atoms with Crippen molar-refractivity contribution in [1.82, 2.24) is 10.3 Å². The van der Waals surface area contributed by atoms with Crippen LogP contribution in [0.4, 0.5) is 4.39 Å². The number of hydrogen-bond donors (Lipinski definition) is 1. The lowest BCUT2D eigenvalue weighted by molar-refractivity contribution is 0.0922. The van der Waals surface area contributed by atoms with E-state index in [1.165, 1.54) is 18.2 Å². The van der Waals surface area contributed by atoms with Crippen LogP contribution in [0.25, 0.3) is 0 Å². The van der Waals surface area contributed by atoms with Crippen LogP contribution in [0.3, 0.4) is 0 Å². The number of hydrogen-bond acceptors (Lipinski definition) is 2. The minimum atomic E-state index is -0.635. The van der Waals surface area contributed by atoms with Gasteiger partial charge in [-0.2, -0.15) is 4.39 Å². The van der Waals surface area contributed by atoms with Crippen LogP contribution in [0.2, 0.25) is 0 Å². The first kappa shape index (κ1) is 12.6. The molecule has 2 atom stereocenters. The molecule has 1 aromatic heterocycles. The fourth-order valence-electron chi connectivity index (χ4n) is 1.31. The molecule has 0 saturated carbocycles. The molecule has 2 unspecified atom stereocenters. The molecule has 0 aliphatic rings. The van der Waals surface area contributed by atoms with E-state index in [4.69, 9.17) is 0 Å². The highest BCUT2D eigenvalue weighted by atomic mass is 19.1. The molecule has 0 aliphatic heterocycles. The summed E-state index contributed by atoms with van der Waals surface area (Å²) in [5.74, 6) is -0.575. The number of carbonyl (C=O) groups is 1. The second kappa shape index (κ2) is 5.58. The summed E-state index contributed by atoms with van der Waals surface area (Å²) in [5, 5.41) is 2.81. The molecule has 3 nitrogen and oxygen atoms in total. The van der Waals surface area contributed by atoms with E-state index in [1.807, 2.05) is 6.92 Å². The van der Waals surface area contributed by atoms with Crippen LogP contribution >= 0.6 is 0 Å². The van der Waals surface area contributed by atoms with E-state index >= 15 is 0 Å². The van der Waals surface area contributed by atoms with Crippen LogP contribution in [0.1, 0.15) is 37.7 Å². The van der Waals surface area contributed by atoms with Gasteiger partial charge in [-0.05, 0) is 25.0 Å². The Morgan fingerprint density at radius 3 is 2.75 bits per heavy atom. The zero-order valence-electron chi connectivity index (χ0n) is 9.83. The minimum absolute atomic E-state index is 0.0579. The predicted octanol–water partition coefficient (Wildman–Crippen LogP) is 2.39. The smallest absolute Gasteiger partial charge is 0.270 e. The Balaban J connectivity index is 2.66. The third-order valence-electron chi connectivity index (χ3n) is 2.80. The topological polar surface area (TPSA) is 42.0 Å². The fourth-order valence-corrected chi connectivity index (χ4v) is 1.31. The largest absolute Gasteiger partial charge is 0.348 e. The molecule has 88 valence electrons. The molecule has 0 fully saturated rings. The lowest BCUT2D eigenvalue weighted by atomic mass is 10.0. The summed E-state index contributed by atoms with van der Waals surface area (Å²) in [5.41, 5.74) is 0.121. The first-order valence-electron chi connectivity index (χ1n) is 5.48. The van der Waals surface area contributed by atoms with Gasteiger partial charge >= 0.3 is 0 Å². The highest BCUT2D eigenvalue weighted by Gasteiger charge is 2.15. The Hall–Kier alpha value is -1.45. The van der Waals surface area contributed by atoms with Crippen molar-refractivity contribution in [2.45, 2.75) is 33.2 Å². The lowest BCUT2D eigenvalue weighted by Crippen LogP contribution is -2.37. The van der Waals surface area contributed by atoms with E-state index in [0.717, 1.165) is 6.42 Å². The van der Waals surface area contributed by atoms with Crippen LogP contribution in [-0.2, 0) is 0 Å². The Kier molecular flexibility index (Phi) is 4.40. The Morgan fingerprint density at radius 1 is 1.50 bits per heavy atom. The molecule has 0 aromatic carbocycles. The summed E-state index contributed by atoms with van der Waals surface area (Å²) < 4.78 is 12.8. The molecule has 0 saturated heterocycles. The molecule has 1 rings (SSSR count). The zero-order chi connectivity index (χ0) is 12.1. The molecule has 1 amide bonds. The molecule has 1 heterocycles. The van der Waals surface area contributed by atoms with Crippen molar-refractivity contribution < 1.29 is 9.18 Å². The van der Waals surface area contributed by atoms with Crippen LogP contribution in [0.5, 0.6) is 0 Å². The highest BCUT2D eigenvalue weighted by Crippen LogP contribution is 2.07. The Morgan fingerprint density at radius 2 is 2.19 bits per heavy atom. The first-order valence-corrected chi connectivity index (χ1v) is 5.48. The van der Waals surface area contributed by atoms with Gasteiger partial charge in [-0.15, -0.1) is 0 Å². The van der Waals surface area contributed by atoms with E-state index in [-0.39, 0.29) is 17.6 Å². The van der Waals surface area contributed by atoms with Gasteiger partial charge < -0.3 is 5.32 Å². The van der Waals surface area contributed by atoms with Crippen LogP contribution < -0.4 is 5.32 Å². The number of amides is 1. The molecular weight excluding hydrogens is 207 g/mol. The van der Waals surface area contributed by atoms with Crippen LogP contribution in [-0.4, -0.2) is 16.9 Å². The van der Waals surface area contributed by atoms with Gasteiger partial charge in [0, 0.05) is 6.04 Å². The third-order valence-corrected chi connectivity index (χ3v) is 2.80. The number of aromatic nitrogens is 1. The second-order valence-corrected chi connectivity index (χ2v) is 3.99. The van der Waals surface area contributed by atoms with Gasteiger partial charge in [0.25, 0.3) is 5.91 Å². The van der Waals surface area contributed by atoms with Crippen molar-refractivity contribution in [2.75, 3.05) is 0 Å². The van der Waals surface area contributed by atoms with Crippen molar-refractivity contribution >= 4 is 5.91 Å². The molecule has 0 aliphatic carbocycles.